The molecule has 0 aromatic carbocycles. The highest BCUT2D eigenvalue weighted by atomic mass is 15.0. The predicted molar refractivity (Wildman–Crippen MR) is 144 cm³/mol. The Morgan fingerprint density at radius 2 is 1.55 bits per heavy atom. The van der Waals surface area contributed by atoms with E-state index in [1.54, 1.807) is 18.4 Å². The van der Waals surface area contributed by atoms with Gasteiger partial charge in [-0.15, -0.1) is 0 Å². The molecule has 0 radical (unpaired) electrons. The number of aliphatic imine (C=N–C) groups is 1. The highest BCUT2D eigenvalue weighted by Gasteiger charge is 2.20. The normalized spacial score (nSPS) is 13.2. The molecular formula is C29H32N2. The van der Waals surface area contributed by atoms with E-state index >= 15 is 0 Å². The second kappa shape index (κ2) is 13.3. The summed E-state index contributed by atoms with van der Waals surface area (Å²) >= 11 is 0. The van der Waals surface area contributed by atoms with E-state index < -0.39 is 0 Å². The Kier molecular flexibility index (Phi) is 10.8. The number of aromatic nitrogens is 1. The van der Waals surface area contributed by atoms with Gasteiger partial charge in [-0.2, -0.15) is 0 Å². The number of nitrogens with zero attached hydrogens (tertiary/aromatic N) is 2. The van der Waals surface area contributed by atoms with Crippen LogP contribution in [0, 0.1) is 0 Å². The summed E-state index contributed by atoms with van der Waals surface area (Å²) in [6.45, 7) is 27.7. The Bertz CT molecular complexity index is 1040. The van der Waals surface area contributed by atoms with Crippen LogP contribution in [0.25, 0.3) is 30.0 Å². The largest absolute Gasteiger partial charge is 0.309 e. The van der Waals surface area contributed by atoms with Gasteiger partial charge in [0.25, 0.3) is 0 Å². The molecule has 1 aromatic rings. The van der Waals surface area contributed by atoms with Gasteiger partial charge in [-0.25, -0.2) is 0 Å². The van der Waals surface area contributed by atoms with E-state index in [0.717, 1.165) is 39.4 Å². The van der Waals surface area contributed by atoms with Crippen molar-refractivity contribution in [2.45, 2.75) is 13.8 Å². The third-order valence-electron chi connectivity index (χ3n) is 4.46. The topological polar surface area (TPSA) is 17.3 Å². The standard InChI is InChI=1S/C29H32N2/c1-9-17-20-23(12-4)26(22-30-16-8)28(15-7)31-27(14-6)25(21-18-10-2)24(13-5)29(31)19-11-3/h9-22H,2,4-8H2,1,3H3/b17-9-,19-11-,21-18-,23-20+,28-26-,30-22?. The van der Waals surface area contributed by atoms with E-state index in [-0.39, 0.29) is 0 Å². The Balaban J connectivity index is 4.31. The lowest BCUT2D eigenvalue weighted by Crippen LogP contribution is -2.06. The lowest BCUT2D eigenvalue weighted by atomic mass is 10.0. The van der Waals surface area contributed by atoms with Gasteiger partial charge in [-0.05, 0) is 37.6 Å². The minimum Gasteiger partial charge on any atom is -0.309 e. The van der Waals surface area contributed by atoms with Gasteiger partial charge in [0.05, 0.1) is 17.1 Å². The Hall–Kier alpha value is -3.91. The molecule has 158 valence electrons. The average Bonchev–Trinajstić information content (AvgIpc) is 3.08. The van der Waals surface area contributed by atoms with Gasteiger partial charge in [-0.1, -0.05) is 94.2 Å². The lowest BCUT2D eigenvalue weighted by molar-refractivity contribution is 1.08. The molecular weight excluding hydrogens is 376 g/mol. The van der Waals surface area contributed by atoms with Crippen molar-refractivity contribution in [3.63, 3.8) is 0 Å². The maximum Gasteiger partial charge on any atom is 0.0550 e. The lowest BCUT2D eigenvalue weighted by Gasteiger charge is -2.16. The molecule has 0 aliphatic rings. The zero-order valence-corrected chi connectivity index (χ0v) is 18.7. The van der Waals surface area contributed by atoms with E-state index in [1.807, 2.05) is 74.6 Å². The number of allylic oxidation sites excluding steroid dienone is 11. The molecule has 0 bridgehead atoms. The van der Waals surface area contributed by atoms with Crippen LogP contribution in [0.3, 0.4) is 0 Å². The molecule has 0 saturated heterocycles. The van der Waals surface area contributed by atoms with Gasteiger partial charge in [0.15, 0.2) is 0 Å². The fourth-order valence-corrected chi connectivity index (χ4v) is 3.19. The highest BCUT2D eigenvalue weighted by Crippen LogP contribution is 2.33. The summed E-state index contributed by atoms with van der Waals surface area (Å²) in [5.41, 5.74) is 6.45. The maximum atomic E-state index is 4.29. The predicted octanol–water partition coefficient (Wildman–Crippen LogP) is 8.31. The van der Waals surface area contributed by atoms with Crippen molar-refractivity contribution < 1.29 is 0 Å². The molecule has 2 heteroatoms. The van der Waals surface area contributed by atoms with Crippen molar-refractivity contribution in [1.29, 1.82) is 0 Å². The van der Waals surface area contributed by atoms with Crippen LogP contribution in [0.1, 0.15) is 36.4 Å². The molecule has 31 heavy (non-hydrogen) atoms. The molecule has 1 aromatic heterocycles. The van der Waals surface area contributed by atoms with Gasteiger partial charge in [0.2, 0.25) is 0 Å². The molecule has 0 fully saturated rings. The summed E-state index contributed by atoms with van der Waals surface area (Å²) in [5, 5.41) is 0. The second-order valence-corrected chi connectivity index (χ2v) is 6.25. The summed E-state index contributed by atoms with van der Waals surface area (Å²) in [7, 11) is 0. The molecule has 0 atom stereocenters. The summed E-state index contributed by atoms with van der Waals surface area (Å²) in [5.74, 6) is 0. The van der Waals surface area contributed by atoms with E-state index in [0.29, 0.717) is 0 Å². The van der Waals surface area contributed by atoms with Crippen LogP contribution in [0.5, 0.6) is 0 Å². The number of rotatable bonds is 12. The van der Waals surface area contributed by atoms with E-state index in [9.17, 15) is 0 Å². The number of hydrogen-bond donors (Lipinski definition) is 0. The molecule has 1 heterocycles. The molecule has 0 saturated carbocycles. The third-order valence-corrected chi connectivity index (χ3v) is 4.46. The summed E-state index contributed by atoms with van der Waals surface area (Å²) in [6.07, 6.45) is 26.2. The molecule has 1 rings (SSSR count). The minimum atomic E-state index is 0.839. The quantitative estimate of drug-likeness (QED) is 0.244. The maximum absolute atomic E-state index is 4.29. The van der Waals surface area contributed by atoms with E-state index in [4.69, 9.17) is 0 Å². The second-order valence-electron chi connectivity index (χ2n) is 6.25. The van der Waals surface area contributed by atoms with Gasteiger partial charge in [0, 0.05) is 29.1 Å². The number of hydrogen-bond acceptors (Lipinski definition) is 1. The molecule has 0 unspecified atom stereocenters. The summed E-state index contributed by atoms with van der Waals surface area (Å²) < 4.78 is 2.11. The summed E-state index contributed by atoms with van der Waals surface area (Å²) in [4.78, 5) is 4.29. The van der Waals surface area contributed by atoms with Crippen LogP contribution < -0.4 is 0 Å². The first kappa shape index (κ1) is 25.1. The molecule has 0 spiro atoms. The van der Waals surface area contributed by atoms with Crippen LogP contribution in [-0.2, 0) is 0 Å². The van der Waals surface area contributed by atoms with Crippen molar-refractivity contribution >= 4 is 36.2 Å². The molecule has 0 aliphatic heterocycles. The smallest absolute Gasteiger partial charge is 0.0550 e. The van der Waals surface area contributed by atoms with Crippen LogP contribution >= 0.6 is 0 Å². The zero-order valence-electron chi connectivity index (χ0n) is 18.7. The summed E-state index contributed by atoms with van der Waals surface area (Å²) in [6, 6.07) is 0. The Labute approximate surface area is 187 Å². The molecule has 0 amide bonds. The van der Waals surface area contributed by atoms with Crippen molar-refractivity contribution in [3.8, 4) is 0 Å². The molecule has 0 aliphatic carbocycles. The van der Waals surface area contributed by atoms with Crippen molar-refractivity contribution in [3.05, 3.63) is 128 Å². The van der Waals surface area contributed by atoms with Crippen LogP contribution in [0.4, 0.5) is 0 Å². The van der Waals surface area contributed by atoms with Gasteiger partial charge in [-0.3, -0.25) is 4.99 Å². The van der Waals surface area contributed by atoms with Crippen molar-refractivity contribution in [1.82, 2.24) is 4.57 Å². The monoisotopic (exact) mass is 408 g/mol. The van der Waals surface area contributed by atoms with Gasteiger partial charge < -0.3 is 4.57 Å². The molecule has 2 nitrogen and oxygen atoms in total. The van der Waals surface area contributed by atoms with E-state index in [2.05, 4.69) is 49.0 Å². The zero-order chi connectivity index (χ0) is 23.2. The first-order valence-electron chi connectivity index (χ1n) is 10.0. The Morgan fingerprint density at radius 3 is 2.03 bits per heavy atom. The average molecular weight is 409 g/mol. The van der Waals surface area contributed by atoms with E-state index in [1.165, 1.54) is 6.20 Å². The first-order valence-corrected chi connectivity index (χ1v) is 10.0. The first-order chi connectivity index (χ1) is 15.1. The SMILES string of the molecule is C=C/C=C\c1c(C=C)c(/C=C\C)n(\C(C=C)=C(C=NC=C)/C(C=C)=C/C=C\C)c1C=C. The third kappa shape index (κ3) is 5.80. The van der Waals surface area contributed by atoms with Crippen LogP contribution in [0.15, 0.2) is 110 Å². The van der Waals surface area contributed by atoms with Gasteiger partial charge >= 0.3 is 0 Å². The minimum absolute atomic E-state index is 0.839. The fourth-order valence-electron chi connectivity index (χ4n) is 3.19. The Morgan fingerprint density at radius 1 is 0.806 bits per heavy atom. The molecule has 0 N–H and O–H groups in total. The van der Waals surface area contributed by atoms with Crippen molar-refractivity contribution in [2.75, 3.05) is 0 Å². The van der Waals surface area contributed by atoms with Crippen LogP contribution in [-0.4, -0.2) is 10.8 Å². The van der Waals surface area contributed by atoms with Gasteiger partial charge in [0.1, 0.15) is 0 Å². The highest BCUT2D eigenvalue weighted by molar-refractivity contribution is 5.97. The van der Waals surface area contributed by atoms with Crippen molar-refractivity contribution in [2.24, 2.45) is 4.99 Å². The fraction of sp³-hybridized carbons (Fsp3) is 0.0690. The van der Waals surface area contributed by atoms with Crippen LogP contribution in [0.2, 0.25) is 0 Å².